The van der Waals surface area contributed by atoms with Gasteiger partial charge in [0.1, 0.15) is 23.2 Å². The van der Waals surface area contributed by atoms with Crippen LogP contribution < -0.4 is 10.6 Å². The number of benzene rings is 2. The van der Waals surface area contributed by atoms with Crippen molar-refractivity contribution in [3.05, 3.63) is 77.5 Å². The maximum Gasteiger partial charge on any atom is 0.274 e. The summed E-state index contributed by atoms with van der Waals surface area (Å²) in [5.74, 6) is -0.107. The van der Waals surface area contributed by atoms with Gasteiger partial charge in [-0.15, -0.1) is 0 Å². The second-order valence-electron chi connectivity index (χ2n) is 5.47. The van der Waals surface area contributed by atoms with E-state index in [0.717, 1.165) is 0 Å². The van der Waals surface area contributed by atoms with E-state index in [-0.39, 0.29) is 5.69 Å². The lowest BCUT2D eigenvalue weighted by molar-refractivity contribution is 0.102. The van der Waals surface area contributed by atoms with E-state index in [0.29, 0.717) is 28.6 Å². The summed E-state index contributed by atoms with van der Waals surface area (Å²) in [6.07, 6.45) is 0. The van der Waals surface area contributed by atoms with Crippen LogP contribution in [-0.4, -0.2) is 15.9 Å². The van der Waals surface area contributed by atoms with Gasteiger partial charge in [0, 0.05) is 17.4 Å². The molecule has 6 nitrogen and oxygen atoms in total. The zero-order valence-corrected chi connectivity index (χ0v) is 13.8. The first-order valence-corrected chi connectivity index (χ1v) is 7.73. The average molecular weight is 347 g/mol. The van der Waals surface area contributed by atoms with Crippen LogP contribution in [0.2, 0.25) is 0 Å². The number of carbonyl (C=O) groups excluding carboxylic acids is 1. The summed E-state index contributed by atoms with van der Waals surface area (Å²) >= 11 is 0. The Hall–Kier alpha value is -3.79. The molecular formula is C19H14FN5O. The summed E-state index contributed by atoms with van der Waals surface area (Å²) in [6.45, 7) is 1.66. The van der Waals surface area contributed by atoms with E-state index < -0.39 is 11.7 Å². The first-order chi connectivity index (χ1) is 12.5. The highest BCUT2D eigenvalue weighted by Crippen LogP contribution is 2.18. The SMILES string of the molecule is Cc1nc(Nc2cccc(C#N)c2)cc(C(=O)Nc2cccc(F)c2)n1. The molecule has 0 atom stereocenters. The van der Waals surface area contributed by atoms with Crippen LogP contribution in [0.1, 0.15) is 21.9 Å². The average Bonchev–Trinajstić information content (AvgIpc) is 2.61. The Morgan fingerprint density at radius 3 is 2.62 bits per heavy atom. The van der Waals surface area contributed by atoms with Crippen LogP contribution in [0.3, 0.4) is 0 Å². The van der Waals surface area contributed by atoms with Crippen LogP contribution >= 0.6 is 0 Å². The largest absolute Gasteiger partial charge is 0.340 e. The Kier molecular flexibility index (Phi) is 4.85. The first-order valence-electron chi connectivity index (χ1n) is 7.73. The third-order valence-corrected chi connectivity index (χ3v) is 3.42. The highest BCUT2D eigenvalue weighted by atomic mass is 19.1. The van der Waals surface area contributed by atoms with Gasteiger partial charge in [-0.1, -0.05) is 12.1 Å². The molecule has 0 saturated heterocycles. The molecule has 1 heterocycles. The van der Waals surface area contributed by atoms with Crippen LogP contribution in [0, 0.1) is 24.1 Å². The fourth-order valence-corrected chi connectivity index (χ4v) is 2.32. The van der Waals surface area contributed by atoms with Gasteiger partial charge in [0.05, 0.1) is 11.6 Å². The van der Waals surface area contributed by atoms with Crippen molar-refractivity contribution >= 4 is 23.1 Å². The fourth-order valence-electron chi connectivity index (χ4n) is 2.32. The molecule has 128 valence electrons. The standard InChI is InChI=1S/C19H14FN5O/c1-12-22-17(19(26)25-16-7-3-5-14(20)9-16)10-18(23-12)24-15-6-2-4-13(8-15)11-21/h2-10H,1H3,(H,25,26)(H,22,23,24). The van der Waals surface area contributed by atoms with Crippen molar-refractivity contribution in [2.45, 2.75) is 6.92 Å². The van der Waals surface area contributed by atoms with Crippen molar-refractivity contribution in [2.75, 3.05) is 10.6 Å². The molecule has 0 aliphatic heterocycles. The second-order valence-corrected chi connectivity index (χ2v) is 5.47. The van der Waals surface area contributed by atoms with Crippen molar-refractivity contribution in [3.63, 3.8) is 0 Å². The molecule has 0 spiro atoms. The summed E-state index contributed by atoms with van der Waals surface area (Å²) < 4.78 is 13.2. The molecule has 1 amide bonds. The molecule has 0 aliphatic rings. The molecule has 26 heavy (non-hydrogen) atoms. The van der Waals surface area contributed by atoms with E-state index in [4.69, 9.17) is 5.26 Å². The van der Waals surface area contributed by atoms with Gasteiger partial charge in [0.25, 0.3) is 5.91 Å². The lowest BCUT2D eigenvalue weighted by atomic mass is 10.2. The van der Waals surface area contributed by atoms with Crippen molar-refractivity contribution < 1.29 is 9.18 Å². The number of hydrogen-bond donors (Lipinski definition) is 2. The number of carbonyl (C=O) groups is 1. The number of anilines is 3. The lowest BCUT2D eigenvalue weighted by Gasteiger charge is -2.09. The van der Waals surface area contributed by atoms with E-state index in [2.05, 4.69) is 26.7 Å². The van der Waals surface area contributed by atoms with Crippen LogP contribution in [0.5, 0.6) is 0 Å². The van der Waals surface area contributed by atoms with Gasteiger partial charge in [-0.25, -0.2) is 14.4 Å². The predicted molar refractivity (Wildman–Crippen MR) is 95.6 cm³/mol. The molecule has 3 rings (SSSR count). The molecule has 2 N–H and O–H groups in total. The third-order valence-electron chi connectivity index (χ3n) is 3.42. The molecule has 0 unspecified atom stereocenters. The van der Waals surface area contributed by atoms with Crippen molar-refractivity contribution in [2.24, 2.45) is 0 Å². The van der Waals surface area contributed by atoms with Crippen LogP contribution in [0.25, 0.3) is 0 Å². The highest BCUT2D eigenvalue weighted by Gasteiger charge is 2.11. The monoisotopic (exact) mass is 347 g/mol. The Morgan fingerprint density at radius 1 is 1.08 bits per heavy atom. The van der Waals surface area contributed by atoms with E-state index >= 15 is 0 Å². The van der Waals surface area contributed by atoms with E-state index in [9.17, 15) is 9.18 Å². The molecule has 0 radical (unpaired) electrons. The van der Waals surface area contributed by atoms with Gasteiger partial charge in [-0.05, 0) is 43.3 Å². The molecule has 1 aromatic heterocycles. The number of aromatic nitrogens is 2. The topological polar surface area (TPSA) is 90.7 Å². The molecule has 0 fully saturated rings. The lowest BCUT2D eigenvalue weighted by Crippen LogP contribution is -2.15. The number of rotatable bonds is 4. The maximum absolute atomic E-state index is 13.2. The molecule has 0 saturated carbocycles. The van der Waals surface area contributed by atoms with Gasteiger partial charge >= 0.3 is 0 Å². The number of nitriles is 1. The van der Waals surface area contributed by atoms with E-state index in [1.165, 1.54) is 24.3 Å². The first kappa shape index (κ1) is 17.0. The Labute approximate surface area is 149 Å². The van der Waals surface area contributed by atoms with Crippen molar-refractivity contribution in [3.8, 4) is 6.07 Å². The minimum Gasteiger partial charge on any atom is -0.340 e. The number of halogens is 1. The van der Waals surface area contributed by atoms with Gasteiger partial charge in [0.2, 0.25) is 0 Å². The molecule has 0 bridgehead atoms. The van der Waals surface area contributed by atoms with Gasteiger partial charge in [-0.3, -0.25) is 4.79 Å². The Balaban J connectivity index is 1.82. The second kappa shape index (κ2) is 7.40. The molecule has 2 aromatic carbocycles. The quantitative estimate of drug-likeness (QED) is 0.749. The molecule has 0 aliphatic carbocycles. The number of nitrogens with zero attached hydrogens (tertiary/aromatic N) is 3. The minimum atomic E-state index is -0.477. The number of amides is 1. The summed E-state index contributed by atoms with van der Waals surface area (Å²) in [4.78, 5) is 20.7. The van der Waals surface area contributed by atoms with Crippen molar-refractivity contribution in [1.82, 2.24) is 9.97 Å². The highest BCUT2D eigenvalue weighted by molar-refractivity contribution is 6.03. The van der Waals surface area contributed by atoms with Crippen LogP contribution in [-0.2, 0) is 0 Å². The normalized spacial score (nSPS) is 10.0. The smallest absolute Gasteiger partial charge is 0.274 e. The summed E-state index contributed by atoms with van der Waals surface area (Å²) in [7, 11) is 0. The zero-order valence-electron chi connectivity index (χ0n) is 13.8. The van der Waals surface area contributed by atoms with E-state index in [1.54, 1.807) is 37.3 Å². The van der Waals surface area contributed by atoms with Gasteiger partial charge < -0.3 is 10.6 Å². The molecular weight excluding hydrogens is 333 g/mol. The molecule has 3 aromatic rings. The maximum atomic E-state index is 13.2. The zero-order chi connectivity index (χ0) is 18.5. The summed E-state index contributed by atoms with van der Waals surface area (Å²) in [5.41, 5.74) is 1.65. The summed E-state index contributed by atoms with van der Waals surface area (Å²) in [5, 5.41) is 14.6. The number of nitrogens with one attached hydrogen (secondary N) is 2. The third kappa shape index (κ3) is 4.19. The van der Waals surface area contributed by atoms with Crippen LogP contribution in [0.15, 0.2) is 54.6 Å². The van der Waals surface area contributed by atoms with Gasteiger partial charge in [-0.2, -0.15) is 5.26 Å². The van der Waals surface area contributed by atoms with Crippen LogP contribution in [0.4, 0.5) is 21.6 Å². The van der Waals surface area contributed by atoms with Gasteiger partial charge in [0.15, 0.2) is 0 Å². The Bertz CT molecular complexity index is 1010. The van der Waals surface area contributed by atoms with E-state index in [1.807, 2.05) is 0 Å². The van der Waals surface area contributed by atoms with Crippen molar-refractivity contribution in [1.29, 1.82) is 5.26 Å². The fraction of sp³-hybridized carbons (Fsp3) is 0.0526. The predicted octanol–water partition coefficient (Wildman–Crippen LogP) is 3.79. The molecule has 7 heteroatoms. The number of hydrogen-bond acceptors (Lipinski definition) is 5. The Morgan fingerprint density at radius 2 is 1.85 bits per heavy atom. The minimum absolute atomic E-state index is 0.140. The number of aryl methyl sites for hydroxylation is 1. The summed E-state index contributed by atoms with van der Waals surface area (Å²) in [6, 6.07) is 16.0.